The lowest BCUT2D eigenvalue weighted by molar-refractivity contribution is 0.101. The predicted molar refractivity (Wildman–Crippen MR) is 109 cm³/mol. The van der Waals surface area contributed by atoms with E-state index in [0.717, 1.165) is 11.6 Å². The Hall–Kier alpha value is -3.88. The highest BCUT2D eigenvalue weighted by Crippen LogP contribution is 2.30. The maximum atomic E-state index is 14.0. The van der Waals surface area contributed by atoms with E-state index in [0.29, 0.717) is 17.2 Å². The summed E-state index contributed by atoms with van der Waals surface area (Å²) in [4.78, 5) is 25.1. The number of halogens is 1. The van der Waals surface area contributed by atoms with Gasteiger partial charge >= 0.3 is 0 Å². The molecule has 8 nitrogen and oxygen atoms in total. The molecule has 2 aromatic carbocycles. The quantitative estimate of drug-likeness (QED) is 0.668. The molecule has 9 heteroatoms. The standard InChI is InChI=1S/C21H20FN3O5/c1-12-5-7-14(22)15(9-12)23-21(27)20-16(26)11-19(30-4)25(24-20)13-6-8-17(28-2)18(10-13)29-3/h5-11H,1-4H3,(H,23,27). The molecule has 0 spiro atoms. The minimum atomic E-state index is -0.846. The number of ether oxygens (including phenoxy) is 3. The highest BCUT2D eigenvalue weighted by molar-refractivity contribution is 6.02. The minimum absolute atomic E-state index is 0.0466. The van der Waals surface area contributed by atoms with E-state index in [2.05, 4.69) is 10.4 Å². The van der Waals surface area contributed by atoms with Crippen molar-refractivity contribution in [1.82, 2.24) is 9.78 Å². The van der Waals surface area contributed by atoms with Gasteiger partial charge in [0.1, 0.15) is 5.82 Å². The number of carbonyl (C=O) groups excluding carboxylic acids is 1. The normalized spacial score (nSPS) is 10.4. The number of amides is 1. The molecular formula is C21H20FN3O5. The fourth-order valence-electron chi connectivity index (χ4n) is 2.80. The zero-order valence-electron chi connectivity index (χ0n) is 16.9. The molecule has 0 fully saturated rings. The van der Waals surface area contributed by atoms with Gasteiger partial charge in [0.15, 0.2) is 17.2 Å². The van der Waals surface area contributed by atoms with Gasteiger partial charge in [-0.3, -0.25) is 9.59 Å². The molecule has 0 aliphatic heterocycles. The molecule has 0 atom stereocenters. The van der Waals surface area contributed by atoms with Crippen LogP contribution >= 0.6 is 0 Å². The number of nitrogens with zero attached hydrogens (tertiary/aromatic N) is 2. The van der Waals surface area contributed by atoms with Crippen LogP contribution in [0.15, 0.2) is 47.3 Å². The van der Waals surface area contributed by atoms with Crippen LogP contribution in [0.1, 0.15) is 16.1 Å². The van der Waals surface area contributed by atoms with Crippen LogP contribution in [0.5, 0.6) is 17.4 Å². The van der Waals surface area contributed by atoms with E-state index in [1.165, 1.54) is 38.1 Å². The van der Waals surface area contributed by atoms with E-state index in [9.17, 15) is 14.0 Å². The highest BCUT2D eigenvalue weighted by Gasteiger charge is 2.19. The summed E-state index contributed by atoms with van der Waals surface area (Å²) in [6.07, 6.45) is 0. The number of methoxy groups -OCH3 is 3. The van der Waals surface area contributed by atoms with E-state index in [1.54, 1.807) is 31.2 Å². The van der Waals surface area contributed by atoms with Crippen LogP contribution in [0, 0.1) is 12.7 Å². The van der Waals surface area contributed by atoms with Crippen molar-refractivity contribution in [3.8, 4) is 23.1 Å². The van der Waals surface area contributed by atoms with Gasteiger partial charge in [-0.15, -0.1) is 0 Å². The van der Waals surface area contributed by atoms with Crippen LogP contribution < -0.4 is 25.0 Å². The van der Waals surface area contributed by atoms with Gasteiger partial charge in [-0.1, -0.05) is 6.07 Å². The van der Waals surface area contributed by atoms with Gasteiger partial charge < -0.3 is 19.5 Å². The number of rotatable bonds is 6. The Morgan fingerprint density at radius 2 is 1.73 bits per heavy atom. The molecular weight excluding hydrogens is 393 g/mol. The van der Waals surface area contributed by atoms with Crippen LogP contribution in [-0.2, 0) is 0 Å². The number of aryl methyl sites for hydroxylation is 1. The number of benzene rings is 2. The van der Waals surface area contributed by atoms with Gasteiger partial charge in [0.05, 0.1) is 38.8 Å². The van der Waals surface area contributed by atoms with Crippen LogP contribution in [0.4, 0.5) is 10.1 Å². The molecule has 0 aliphatic rings. The third-order valence-corrected chi connectivity index (χ3v) is 4.30. The minimum Gasteiger partial charge on any atom is -0.493 e. The summed E-state index contributed by atoms with van der Waals surface area (Å²) in [5, 5.41) is 6.53. The van der Waals surface area contributed by atoms with Crippen LogP contribution in [0.3, 0.4) is 0 Å². The molecule has 156 valence electrons. The number of hydrogen-bond acceptors (Lipinski definition) is 6. The highest BCUT2D eigenvalue weighted by atomic mass is 19.1. The second kappa shape index (κ2) is 8.64. The van der Waals surface area contributed by atoms with Crippen molar-refractivity contribution in [3.05, 3.63) is 69.8 Å². The molecule has 3 aromatic rings. The van der Waals surface area contributed by atoms with Crippen molar-refractivity contribution >= 4 is 11.6 Å². The molecule has 0 radical (unpaired) electrons. The van der Waals surface area contributed by atoms with Crippen molar-refractivity contribution < 1.29 is 23.4 Å². The first-order valence-electron chi connectivity index (χ1n) is 8.86. The van der Waals surface area contributed by atoms with Crippen LogP contribution in [-0.4, -0.2) is 37.0 Å². The molecule has 0 unspecified atom stereocenters. The van der Waals surface area contributed by atoms with Gasteiger partial charge in [0.25, 0.3) is 5.91 Å². The molecule has 0 saturated carbocycles. The zero-order valence-corrected chi connectivity index (χ0v) is 16.9. The van der Waals surface area contributed by atoms with Crippen molar-refractivity contribution in [3.63, 3.8) is 0 Å². The topological polar surface area (TPSA) is 91.7 Å². The number of aromatic nitrogens is 2. The lowest BCUT2D eigenvalue weighted by Crippen LogP contribution is -2.26. The second-order valence-electron chi connectivity index (χ2n) is 6.29. The molecule has 1 N–H and O–H groups in total. The second-order valence-corrected chi connectivity index (χ2v) is 6.29. The number of anilines is 1. The van der Waals surface area contributed by atoms with Gasteiger partial charge in [-0.05, 0) is 36.8 Å². The average Bonchev–Trinajstić information content (AvgIpc) is 2.75. The van der Waals surface area contributed by atoms with E-state index in [4.69, 9.17) is 14.2 Å². The molecule has 3 rings (SSSR count). The Morgan fingerprint density at radius 3 is 2.40 bits per heavy atom. The molecule has 1 amide bonds. The smallest absolute Gasteiger partial charge is 0.280 e. The van der Waals surface area contributed by atoms with E-state index in [1.807, 2.05) is 0 Å². The summed E-state index contributed by atoms with van der Waals surface area (Å²) in [7, 11) is 4.35. The first kappa shape index (κ1) is 20.8. The SMILES string of the molecule is COc1ccc(-n2nc(C(=O)Nc3cc(C)ccc3F)c(=O)cc2OC)cc1OC. The zero-order chi connectivity index (χ0) is 21.8. The largest absolute Gasteiger partial charge is 0.493 e. The van der Waals surface area contributed by atoms with Gasteiger partial charge in [0, 0.05) is 6.07 Å². The average molecular weight is 413 g/mol. The fourth-order valence-corrected chi connectivity index (χ4v) is 2.80. The maximum Gasteiger partial charge on any atom is 0.280 e. The van der Waals surface area contributed by atoms with Gasteiger partial charge in [0.2, 0.25) is 11.3 Å². The fraction of sp³-hybridized carbons (Fsp3) is 0.190. The third-order valence-electron chi connectivity index (χ3n) is 4.30. The number of nitrogens with one attached hydrogen (secondary N) is 1. The lowest BCUT2D eigenvalue weighted by atomic mass is 10.2. The van der Waals surface area contributed by atoms with Gasteiger partial charge in [-0.25, -0.2) is 4.39 Å². The van der Waals surface area contributed by atoms with Crippen molar-refractivity contribution in [1.29, 1.82) is 0 Å². The van der Waals surface area contributed by atoms with Crippen molar-refractivity contribution in [2.24, 2.45) is 0 Å². The van der Waals surface area contributed by atoms with E-state index >= 15 is 0 Å². The van der Waals surface area contributed by atoms with E-state index in [-0.39, 0.29) is 11.6 Å². The number of carbonyl (C=O) groups is 1. The molecule has 1 heterocycles. The van der Waals surface area contributed by atoms with Crippen LogP contribution in [0.25, 0.3) is 5.69 Å². The Kier molecular flexibility index (Phi) is 6.01. The van der Waals surface area contributed by atoms with Crippen molar-refractivity contribution in [2.75, 3.05) is 26.6 Å². The Bertz CT molecular complexity index is 1160. The van der Waals surface area contributed by atoms with E-state index < -0.39 is 22.8 Å². The molecule has 0 aliphatic carbocycles. The lowest BCUT2D eigenvalue weighted by Gasteiger charge is -2.15. The summed E-state index contributed by atoms with van der Waals surface area (Å²) in [6.45, 7) is 1.75. The van der Waals surface area contributed by atoms with Crippen molar-refractivity contribution in [2.45, 2.75) is 6.92 Å². The Balaban J connectivity index is 2.06. The Morgan fingerprint density at radius 1 is 1.00 bits per heavy atom. The monoisotopic (exact) mass is 413 g/mol. The summed E-state index contributed by atoms with van der Waals surface area (Å²) < 4.78 is 31.0. The summed E-state index contributed by atoms with van der Waals surface area (Å²) >= 11 is 0. The number of hydrogen-bond donors (Lipinski definition) is 1. The maximum absolute atomic E-state index is 14.0. The summed E-state index contributed by atoms with van der Waals surface area (Å²) in [6, 6.07) is 10.3. The molecule has 0 bridgehead atoms. The first-order chi connectivity index (χ1) is 14.4. The molecule has 30 heavy (non-hydrogen) atoms. The third kappa shape index (κ3) is 4.09. The summed E-state index contributed by atoms with van der Waals surface area (Å²) in [5.74, 6) is -0.450. The summed E-state index contributed by atoms with van der Waals surface area (Å²) in [5.41, 5.74) is 0.0627. The predicted octanol–water partition coefficient (Wildman–Crippen LogP) is 2.96. The first-order valence-corrected chi connectivity index (χ1v) is 8.86. The molecule has 0 saturated heterocycles. The van der Waals surface area contributed by atoms with Gasteiger partial charge in [-0.2, -0.15) is 9.78 Å². The molecule has 1 aromatic heterocycles. The van der Waals surface area contributed by atoms with Crippen LogP contribution in [0.2, 0.25) is 0 Å². The Labute approximate surface area is 171 Å².